The van der Waals surface area contributed by atoms with Gasteiger partial charge in [0.2, 0.25) is 0 Å². The number of rotatable bonds is 5. The number of carbonyl (C=O) groups excluding carboxylic acids is 1. The highest BCUT2D eigenvalue weighted by Crippen LogP contribution is 2.39. The lowest BCUT2D eigenvalue weighted by molar-refractivity contribution is -0.143. The summed E-state index contributed by atoms with van der Waals surface area (Å²) in [6.07, 6.45) is -11.2. The third-order valence-corrected chi connectivity index (χ3v) is 4.98. The van der Waals surface area contributed by atoms with Gasteiger partial charge in [-0.3, -0.25) is 0 Å². The molecule has 2 aromatic carbocycles. The van der Waals surface area contributed by atoms with Crippen LogP contribution in [0.3, 0.4) is 0 Å². The third-order valence-electron chi connectivity index (χ3n) is 4.98. The monoisotopic (exact) mass is 444 g/mol. The topological polar surface area (TPSA) is 50.4 Å². The van der Waals surface area contributed by atoms with Crippen molar-refractivity contribution < 1.29 is 35.9 Å². The minimum absolute atomic E-state index is 0.0319. The minimum atomic E-state index is -4.97. The first-order chi connectivity index (χ1) is 14.3. The number of amides is 2. The smallest absolute Gasteiger partial charge is 0.416 e. The van der Waals surface area contributed by atoms with E-state index in [1.807, 2.05) is 0 Å². The van der Waals surface area contributed by atoms with Gasteiger partial charge >= 0.3 is 18.4 Å². The van der Waals surface area contributed by atoms with E-state index in [1.165, 1.54) is 6.92 Å². The molecule has 1 saturated heterocycles. The fourth-order valence-corrected chi connectivity index (χ4v) is 3.32. The van der Waals surface area contributed by atoms with Crippen LogP contribution in [0, 0.1) is 0 Å². The zero-order valence-corrected chi connectivity index (χ0v) is 16.2. The van der Waals surface area contributed by atoms with Crippen molar-refractivity contribution in [2.45, 2.75) is 30.9 Å². The van der Waals surface area contributed by atoms with Crippen molar-refractivity contribution in [3.63, 3.8) is 0 Å². The average molecular weight is 444 g/mol. The van der Waals surface area contributed by atoms with Crippen LogP contribution in [0.1, 0.15) is 35.3 Å². The predicted octanol–water partition coefficient (Wildman–Crippen LogP) is 5.52. The van der Waals surface area contributed by atoms with E-state index in [9.17, 15) is 31.1 Å². The number of benzene rings is 2. The fourth-order valence-electron chi connectivity index (χ4n) is 3.32. The number of hydrogen-bond donors (Lipinski definition) is 2. The first-order valence-electron chi connectivity index (χ1n) is 9.10. The molecule has 0 bridgehead atoms. The predicted molar refractivity (Wildman–Crippen MR) is 99.7 cm³/mol. The summed E-state index contributed by atoms with van der Waals surface area (Å²) in [5.74, 6) is -0.0319. The molecule has 2 amide bonds. The number of alkyl halides is 6. The first kappa shape index (κ1) is 22.5. The van der Waals surface area contributed by atoms with Crippen LogP contribution in [-0.2, 0) is 22.6 Å². The normalized spacial score (nSPS) is 20.0. The van der Waals surface area contributed by atoms with Gasteiger partial charge in [0.15, 0.2) is 0 Å². The van der Waals surface area contributed by atoms with Crippen LogP contribution in [0.4, 0.5) is 31.1 Å². The van der Waals surface area contributed by atoms with Crippen LogP contribution in [0.2, 0.25) is 0 Å². The van der Waals surface area contributed by atoms with E-state index in [1.54, 1.807) is 30.3 Å². The average Bonchev–Trinajstić information content (AvgIpc) is 3.10. The minimum Gasteiger partial charge on any atom is -0.488 e. The Kier molecular flexibility index (Phi) is 5.68. The summed E-state index contributed by atoms with van der Waals surface area (Å²) < 4.78 is 84.6. The van der Waals surface area contributed by atoms with E-state index in [2.05, 4.69) is 17.2 Å². The Balaban J connectivity index is 1.95. The van der Waals surface area contributed by atoms with Crippen LogP contribution < -0.4 is 10.6 Å². The van der Waals surface area contributed by atoms with Gasteiger partial charge in [0, 0.05) is 0 Å². The maximum atomic E-state index is 13.2. The molecule has 0 unspecified atom stereocenters. The molecular formula is C21H18F6N2O2. The van der Waals surface area contributed by atoms with Gasteiger partial charge in [-0.25, -0.2) is 4.79 Å². The van der Waals surface area contributed by atoms with Gasteiger partial charge in [-0.15, -0.1) is 0 Å². The van der Waals surface area contributed by atoms with Gasteiger partial charge in [-0.05, 0) is 36.2 Å². The zero-order chi connectivity index (χ0) is 23.0. The summed E-state index contributed by atoms with van der Waals surface area (Å²) in [7, 11) is 0. The zero-order valence-electron chi connectivity index (χ0n) is 16.2. The molecule has 1 heterocycles. The van der Waals surface area contributed by atoms with Crippen molar-refractivity contribution in [2.75, 3.05) is 6.54 Å². The van der Waals surface area contributed by atoms with Gasteiger partial charge < -0.3 is 15.4 Å². The lowest BCUT2D eigenvalue weighted by Gasteiger charge is -2.32. The van der Waals surface area contributed by atoms with Crippen LogP contribution in [0.15, 0.2) is 60.9 Å². The Morgan fingerprint density at radius 1 is 1.03 bits per heavy atom. The Morgan fingerprint density at radius 3 is 2.03 bits per heavy atom. The Morgan fingerprint density at radius 2 is 1.58 bits per heavy atom. The van der Waals surface area contributed by atoms with Gasteiger partial charge in [-0.2, -0.15) is 26.3 Å². The highest BCUT2D eigenvalue weighted by Gasteiger charge is 2.44. The van der Waals surface area contributed by atoms with Crippen molar-refractivity contribution in [2.24, 2.45) is 0 Å². The molecule has 0 aromatic heterocycles. The number of nitrogens with one attached hydrogen (secondary N) is 2. The Labute approximate surface area is 173 Å². The maximum Gasteiger partial charge on any atom is 0.416 e. The molecule has 1 fully saturated rings. The molecule has 0 spiro atoms. The molecule has 2 aromatic rings. The van der Waals surface area contributed by atoms with Gasteiger partial charge in [0.1, 0.15) is 17.4 Å². The second-order valence-electron chi connectivity index (χ2n) is 7.10. The van der Waals surface area contributed by atoms with E-state index >= 15 is 0 Å². The van der Waals surface area contributed by atoms with Crippen molar-refractivity contribution in [1.29, 1.82) is 0 Å². The van der Waals surface area contributed by atoms with Gasteiger partial charge in [-0.1, -0.05) is 36.9 Å². The van der Waals surface area contributed by atoms with Gasteiger partial charge in [0.25, 0.3) is 0 Å². The lowest BCUT2D eigenvalue weighted by Crippen LogP contribution is -2.43. The largest absolute Gasteiger partial charge is 0.488 e. The SMILES string of the molecule is C=C(O[C@H](C)c1cc(C(F)(F)F)cc(C(F)(F)F)c1)[C@@]1(c2ccccc2)CNC(=O)N1. The summed E-state index contributed by atoms with van der Waals surface area (Å²) in [5.41, 5.74) is -3.85. The molecule has 0 aliphatic carbocycles. The highest BCUT2D eigenvalue weighted by atomic mass is 19.4. The van der Waals surface area contributed by atoms with Crippen molar-refractivity contribution in [3.8, 4) is 0 Å². The quantitative estimate of drug-likeness (QED) is 0.471. The van der Waals surface area contributed by atoms with E-state index in [-0.39, 0.29) is 23.9 Å². The molecule has 2 N–H and O–H groups in total. The number of halogens is 6. The number of carbonyl (C=O) groups is 1. The van der Waals surface area contributed by atoms with Crippen molar-refractivity contribution in [1.82, 2.24) is 10.6 Å². The molecule has 4 nitrogen and oxygen atoms in total. The van der Waals surface area contributed by atoms with E-state index in [0.29, 0.717) is 17.7 Å². The highest BCUT2D eigenvalue weighted by molar-refractivity contribution is 5.79. The van der Waals surface area contributed by atoms with Crippen molar-refractivity contribution >= 4 is 6.03 Å². The number of ether oxygens (including phenoxy) is 1. The molecule has 0 saturated carbocycles. The first-order valence-corrected chi connectivity index (χ1v) is 9.10. The molecule has 2 atom stereocenters. The molecule has 166 valence electrons. The molecule has 1 aliphatic rings. The molecular weight excluding hydrogens is 426 g/mol. The summed E-state index contributed by atoms with van der Waals surface area (Å²) in [5, 5.41) is 5.25. The molecule has 0 radical (unpaired) electrons. The summed E-state index contributed by atoms with van der Waals surface area (Å²) in [6.45, 7) is 5.15. The Hall–Kier alpha value is -3.17. The molecule has 10 heteroatoms. The fraction of sp³-hybridized carbons (Fsp3) is 0.286. The van der Waals surface area contributed by atoms with E-state index < -0.39 is 41.2 Å². The summed E-state index contributed by atoms with van der Waals surface area (Å²) in [4.78, 5) is 11.8. The van der Waals surface area contributed by atoms with Crippen molar-refractivity contribution in [3.05, 3.63) is 83.1 Å². The Bertz CT molecular complexity index is 955. The van der Waals surface area contributed by atoms with Crippen LogP contribution in [0.5, 0.6) is 0 Å². The molecule has 1 aliphatic heterocycles. The number of hydrogen-bond acceptors (Lipinski definition) is 2. The summed E-state index contributed by atoms with van der Waals surface area (Å²) in [6, 6.07) is 9.30. The van der Waals surface area contributed by atoms with Crippen LogP contribution in [0.25, 0.3) is 0 Å². The number of urea groups is 1. The van der Waals surface area contributed by atoms with Crippen LogP contribution in [-0.4, -0.2) is 12.6 Å². The maximum absolute atomic E-state index is 13.2. The summed E-state index contributed by atoms with van der Waals surface area (Å²) >= 11 is 0. The van der Waals surface area contributed by atoms with Crippen LogP contribution >= 0.6 is 0 Å². The molecule has 31 heavy (non-hydrogen) atoms. The standard InChI is InChI=1S/C21H18F6N2O2/c1-12(14-8-16(20(22,23)24)10-17(9-14)21(25,26)27)31-13(2)19(11-28-18(30)29-19)15-6-4-3-5-7-15/h3-10,12H,2,11H2,1H3,(H2,28,29,30)/t12-,19-/m1/s1. The second kappa shape index (κ2) is 7.82. The second-order valence-corrected chi connectivity index (χ2v) is 7.10. The van der Waals surface area contributed by atoms with E-state index in [4.69, 9.17) is 4.74 Å². The third kappa shape index (κ3) is 4.62. The molecule has 3 rings (SSSR count). The lowest BCUT2D eigenvalue weighted by atomic mass is 9.89. The van der Waals surface area contributed by atoms with Gasteiger partial charge in [0.05, 0.1) is 17.7 Å². The van der Waals surface area contributed by atoms with E-state index in [0.717, 1.165) is 0 Å².